The van der Waals surface area contributed by atoms with Gasteiger partial charge in [0, 0.05) is 30.9 Å². The molecule has 1 saturated heterocycles. The van der Waals surface area contributed by atoms with Crippen molar-refractivity contribution in [3.05, 3.63) is 60.3 Å². The topological polar surface area (TPSA) is 95.3 Å². The third-order valence-electron chi connectivity index (χ3n) is 4.95. The smallest absolute Gasteiger partial charge is 0.339 e. The maximum absolute atomic E-state index is 12.7. The second-order valence-electron chi connectivity index (χ2n) is 7.24. The van der Waals surface area contributed by atoms with Gasteiger partial charge in [-0.1, -0.05) is 6.07 Å². The first-order valence-electron chi connectivity index (χ1n) is 10.2. The highest BCUT2D eigenvalue weighted by Gasteiger charge is 2.25. The average Bonchev–Trinajstić information content (AvgIpc) is 3.25. The molecule has 1 atom stereocenters. The summed E-state index contributed by atoms with van der Waals surface area (Å²) in [6, 6.07) is 7.44. The zero-order chi connectivity index (χ0) is 22.3. The van der Waals surface area contributed by atoms with Crippen molar-refractivity contribution in [1.82, 2.24) is 19.3 Å². The maximum atomic E-state index is 12.7. The molecule has 4 heterocycles. The van der Waals surface area contributed by atoms with E-state index in [0.29, 0.717) is 42.5 Å². The number of imidazole rings is 1. The maximum Gasteiger partial charge on any atom is 0.339 e. The number of aromatic nitrogens is 3. The zero-order valence-electron chi connectivity index (χ0n) is 17.7. The Morgan fingerprint density at radius 1 is 1.31 bits per heavy atom. The number of fused-ring (bicyclic) bond motifs is 1. The van der Waals surface area contributed by atoms with Gasteiger partial charge in [0.2, 0.25) is 5.91 Å². The Morgan fingerprint density at radius 3 is 3.06 bits per heavy atom. The second-order valence-corrected chi connectivity index (χ2v) is 8.22. The van der Waals surface area contributed by atoms with Crippen LogP contribution in [0.5, 0.6) is 5.75 Å². The molecule has 1 amide bonds. The lowest BCUT2D eigenvalue weighted by atomic mass is 10.2. The predicted octanol–water partition coefficient (Wildman–Crippen LogP) is 2.06. The Kier molecular flexibility index (Phi) is 7.23. The molecular weight excluding hydrogens is 432 g/mol. The minimum Gasteiger partial charge on any atom is -0.489 e. The lowest BCUT2D eigenvalue weighted by Crippen LogP contribution is -2.48. The fourth-order valence-corrected chi connectivity index (χ4v) is 4.16. The molecule has 1 unspecified atom stereocenters. The first kappa shape index (κ1) is 22.1. The number of pyridine rings is 2. The Morgan fingerprint density at radius 2 is 2.22 bits per heavy atom. The summed E-state index contributed by atoms with van der Waals surface area (Å²) in [6.07, 6.45) is 6.63. The van der Waals surface area contributed by atoms with Crippen molar-refractivity contribution >= 4 is 29.3 Å². The van der Waals surface area contributed by atoms with Crippen LogP contribution in [0.3, 0.4) is 0 Å². The monoisotopic (exact) mass is 456 g/mol. The quantitative estimate of drug-likeness (QED) is 0.476. The summed E-state index contributed by atoms with van der Waals surface area (Å²) in [4.78, 5) is 34.6. The van der Waals surface area contributed by atoms with Gasteiger partial charge in [-0.05, 0) is 18.2 Å². The lowest BCUT2D eigenvalue weighted by molar-refractivity contribution is -0.137. The highest BCUT2D eigenvalue weighted by Crippen LogP contribution is 2.16. The third-order valence-corrected chi connectivity index (χ3v) is 5.90. The summed E-state index contributed by atoms with van der Waals surface area (Å²) in [6.45, 7) is 1.73. The van der Waals surface area contributed by atoms with Crippen molar-refractivity contribution in [2.45, 2.75) is 11.9 Å². The number of hydrogen-bond donors (Lipinski definition) is 0. The number of carbonyl (C=O) groups excluding carboxylic acids is 2. The summed E-state index contributed by atoms with van der Waals surface area (Å²) in [5.74, 6) is 1.10. The van der Waals surface area contributed by atoms with Gasteiger partial charge in [-0.15, -0.1) is 11.8 Å². The van der Waals surface area contributed by atoms with E-state index in [0.717, 1.165) is 11.3 Å². The summed E-state index contributed by atoms with van der Waals surface area (Å²) in [7, 11) is 1.31. The number of ether oxygens (including phenoxy) is 3. The van der Waals surface area contributed by atoms with Crippen LogP contribution >= 0.6 is 11.8 Å². The third kappa shape index (κ3) is 5.57. The number of nitrogens with zero attached hydrogens (tertiary/aromatic N) is 4. The number of amides is 1. The Labute approximate surface area is 189 Å². The number of carbonyl (C=O) groups is 2. The van der Waals surface area contributed by atoms with E-state index in [4.69, 9.17) is 14.2 Å². The van der Waals surface area contributed by atoms with Crippen LogP contribution in [0.1, 0.15) is 16.1 Å². The fourth-order valence-electron chi connectivity index (χ4n) is 3.35. The highest BCUT2D eigenvalue weighted by atomic mass is 32.2. The molecule has 0 spiro atoms. The standard InChI is InChI=1S/C22H24N4O5S/c1-29-22(28)16-8-18(10-23-9-16)31-13-19-12-26(6-7-30-19)21(27)15-32-14-17-11-25-5-3-2-4-20(25)24-17/h2-5,8-11,19H,6-7,12-15H2,1H3. The van der Waals surface area contributed by atoms with Crippen molar-refractivity contribution in [3.8, 4) is 5.75 Å². The van der Waals surface area contributed by atoms with Gasteiger partial charge in [0.1, 0.15) is 24.1 Å². The molecule has 0 aliphatic carbocycles. The minimum absolute atomic E-state index is 0.0708. The van der Waals surface area contributed by atoms with Crippen LogP contribution in [0.25, 0.3) is 5.65 Å². The van der Waals surface area contributed by atoms with Crippen LogP contribution in [0.15, 0.2) is 49.1 Å². The van der Waals surface area contributed by atoms with Crippen LogP contribution in [-0.4, -0.2) is 76.4 Å². The summed E-state index contributed by atoms with van der Waals surface area (Å²) < 4.78 is 18.1. The van der Waals surface area contributed by atoms with Crippen molar-refractivity contribution in [2.24, 2.45) is 0 Å². The van der Waals surface area contributed by atoms with Gasteiger partial charge in [-0.3, -0.25) is 9.78 Å². The molecule has 1 fully saturated rings. The molecule has 1 aliphatic rings. The van der Waals surface area contributed by atoms with E-state index in [1.807, 2.05) is 35.0 Å². The molecule has 0 bridgehead atoms. The van der Waals surface area contributed by atoms with Crippen LogP contribution in [0.2, 0.25) is 0 Å². The largest absolute Gasteiger partial charge is 0.489 e. The summed E-state index contributed by atoms with van der Waals surface area (Å²) >= 11 is 1.55. The first-order valence-corrected chi connectivity index (χ1v) is 11.3. The van der Waals surface area contributed by atoms with Crippen LogP contribution in [0, 0.1) is 0 Å². The number of morpholine rings is 1. The van der Waals surface area contributed by atoms with E-state index in [1.165, 1.54) is 19.5 Å². The number of rotatable bonds is 8. The number of hydrogen-bond acceptors (Lipinski definition) is 8. The predicted molar refractivity (Wildman–Crippen MR) is 119 cm³/mol. The molecular formula is C22H24N4O5S. The molecule has 0 radical (unpaired) electrons. The summed E-state index contributed by atoms with van der Waals surface area (Å²) in [5, 5.41) is 0. The average molecular weight is 457 g/mol. The molecule has 1 aliphatic heterocycles. The van der Waals surface area contributed by atoms with Crippen molar-refractivity contribution < 1.29 is 23.8 Å². The van der Waals surface area contributed by atoms with Gasteiger partial charge in [-0.25, -0.2) is 9.78 Å². The molecule has 10 heteroatoms. The zero-order valence-corrected chi connectivity index (χ0v) is 18.5. The fraction of sp³-hybridized carbons (Fsp3) is 0.364. The van der Waals surface area contributed by atoms with Crippen LogP contribution < -0.4 is 4.74 Å². The van der Waals surface area contributed by atoms with Crippen LogP contribution in [0.4, 0.5) is 0 Å². The molecule has 4 rings (SSSR count). The molecule has 0 saturated carbocycles. The Bertz CT molecular complexity index is 1060. The SMILES string of the molecule is COC(=O)c1cncc(OCC2CN(C(=O)CSCc3cn4ccccc4n3)CCO2)c1. The van der Waals surface area contributed by atoms with E-state index in [-0.39, 0.29) is 18.6 Å². The molecule has 32 heavy (non-hydrogen) atoms. The first-order chi connectivity index (χ1) is 15.6. The van der Waals surface area contributed by atoms with E-state index < -0.39 is 5.97 Å². The molecule has 3 aromatic heterocycles. The lowest BCUT2D eigenvalue weighted by Gasteiger charge is -2.32. The second kappa shape index (κ2) is 10.5. The Balaban J connectivity index is 1.23. The van der Waals surface area contributed by atoms with E-state index in [2.05, 4.69) is 9.97 Å². The number of thioether (sulfide) groups is 1. The van der Waals surface area contributed by atoms with Gasteiger partial charge in [0.25, 0.3) is 0 Å². The van der Waals surface area contributed by atoms with Crippen molar-refractivity contribution in [3.63, 3.8) is 0 Å². The van der Waals surface area contributed by atoms with Gasteiger partial charge in [0.05, 0.1) is 43.5 Å². The minimum atomic E-state index is -0.477. The van der Waals surface area contributed by atoms with E-state index >= 15 is 0 Å². The van der Waals surface area contributed by atoms with E-state index in [1.54, 1.807) is 22.7 Å². The molecule has 168 valence electrons. The van der Waals surface area contributed by atoms with Gasteiger partial charge >= 0.3 is 5.97 Å². The van der Waals surface area contributed by atoms with Crippen LogP contribution in [-0.2, 0) is 20.0 Å². The normalized spacial score (nSPS) is 16.2. The summed E-state index contributed by atoms with van der Waals surface area (Å²) in [5.41, 5.74) is 2.16. The molecule has 0 aromatic carbocycles. The number of methoxy groups -OCH3 is 1. The van der Waals surface area contributed by atoms with Gasteiger partial charge in [0.15, 0.2) is 0 Å². The highest BCUT2D eigenvalue weighted by molar-refractivity contribution is 7.99. The molecule has 3 aromatic rings. The van der Waals surface area contributed by atoms with Gasteiger partial charge in [-0.2, -0.15) is 0 Å². The molecule has 0 N–H and O–H groups in total. The Hall–Kier alpha value is -3.11. The molecule has 9 nitrogen and oxygen atoms in total. The number of esters is 1. The van der Waals surface area contributed by atoms with E-state index in [9.17, 15) is 9.59 Å². The van der Waals surface area contributed by atoms with Crippen molar-refractivity contribution in [2.75, 3.05) is 39.2 Å². The van der Waals surface area contributed by atoms with Gasteiger partial charge < -0.3 is 23.5 Å². The van der Waals surface area contributed by atoms with Crippen molar-refractivity contribution in [1.29, 1.82) is 0 Å².